The Labute approximate surface area is 142 Å². The topological polar surface area (TPSA) is 18.5 Å². The second kappa shape index (κ2) is 9.17. The van der Waals surface area contributed by atoms with Crippen molar-refractivity contribution < 1.29 is 9.05 Å². The van der Waals surface area contributed by atoms with Gasteiger partial charge in [-0.05, 0) is 30.4 Å². The van der Waals surface area contributed by atoms with E-state index in [9.17, 15) is 0 Å². The van der Waals surface area contributed by atoms with E-state index in [1.807, 2.05) is 12.1 Å². The van der Waals surface area contributed by atoms with Gasteiger partial charge in [0, 0.05) is 5.92 Å². The molecule has 0 N–H and O–H groups in total. The predicted octanol–water partition coefficient (Wildman–Crippen LogP) is 5.57. The summed E-state index contributed by atoms with van der Waals surface area (Å²) in [5, 5.41) is 0. The van der Waals surface area contributed by atoms with E-state index in [0.29, 0.717) is 18.4 Å². The van der Waals surface area contributed by atoms with Crippen molar-refractivity contribution in [1.29, 1.82) is 0 Å². The van der Waals surface area contributed by atoms with Gasteiger partial charge in [-0.1, -0.05) is 74.6 Å². The number of hydrogen-bond donors (Lipinski definition) is 0. The number of benzene rings is 1. The lowest BCUT2D eigenvalue weighted by Crippen LogP contribution is -2.25. The van der Waals surface area contributed by atoms with E-state index < -0.39 is 0 Å². The third-order valence-electron chi connectivity index (χ3n) is 4.14. The fraction of sp³-hybridized carbons (Fsp3) is 0.400. The van der Waals surface area contributed by atoms with E-state index in [1.54, 1.807) is 0 Å². The predicted molar refractivity (Wildman–Crippen MR) is 101 cm³/mol. The zero-order valence-electron chi connectivity index (χ0n) is 14.3. The summed E-state index contributed by atoms with van der Waals surface area (Å²) in [4.78, 5) is 0. The molecule has 0 fully saturated rings. The molecule has 0 aromatic heterocycles. The third kappa shape index (κ3) is 5.42. The van der Waals surface area contributed by atoms with Crippen LogP contribution < -0.4 is 0 Å². The maximum atomic E-state index is 5.95. The van der Waals surface area contributed by atoms with Crippen molar-refractivity contribution >= 4 is 15.1 Å². The summed E-state index contributed by atoms with van der Waals surface area (Å²) in [5.41, 5.74) is 3.76. The molecule has 3 heteroatoms. The van der Waals surface area contributed by atoms with Crippen LogP contribution in [0.25, 0.3) is 6.08 Å². The van der Waals surface area contributed by atoms with Crippen molar-refractivity contribution in [2.24, 2.45) is 11.8 Å². The first-order chi connectivity index (χ1) is 11.1. The molecule has 0 bridgehead atoms. The molecule has 1 aromatic rings. The molecule has 1 aromatic carbocycles. The molecule has 0 saturated heterocycles. The van der Waals surface area contributed by atoms with Gasteiger partial charge in [0.15, 0.2) is 9.03 Å². The summed E-state index contributed by atoms with van der Waals surface area (Å²) in [6.45, 7) is 11.1. The van der Waals surface area contributed by atoms with Gasteiger partial charge >= 0.3 is 0 Å². The largest absolute Gasteiger partial charge is 0.336 e. The number of allylic oxidation sites excluding steroid dienone is 2. The highest BCUT2D eigenvalue weighted by Crippen LogP contribution is 2.31. The molecule has 23 heavy (non-hydrogen) atoms. The molecule has 0 radical (unpaired) electrons. The summed E-state index contributed by atoms with van der Waals surface area (Å²) in [5.74, 6) is 0.988. The van der Waals surface area contributed by atoms with Crippen LogP contribution in [-0.4, -0.2) is 12.7 Å². The van der Waals surface area contributed by atoms with E-state index in [2.05, 4.69) is 63.8 Å². The average molecular weight is 330 g/mol. The molecule has 0 spiro atoms. The molecule has 3 unspecified atom stereocenters. The SMILES string of the molecule is C=Cc1ccccc1CCOPOC1C=CC(C)=CC1C(C)C. The Morgan fingerprint density at radius 2 is 2.09 bits per heavy atom. The molecular formula is C20H27O2P. The number of rotatable bonds is 8. The molecule has 0 heterocycles. The number of hydrogen-bond acceptors (Lipinski definition) is 2. The molecule has 1 aliphatic carbocycles. The molecule has 3 atom stereocenters. The third-order valence-corrected chi connectivity index (χ3v) is 4.84. The average Bonchev–Trinajstić information content (AvgIpc) is 2.56. The Kier molecular flexibility index (Phi) is 7.23. The highest BCUT2D eigenvalue weighted by Gasteiger charge is 2.23. The van der Waals surface area contributed by atoms with Gasteiger partial charge in [0.1, 0.15) is 0 Å². The molecule has 0 saturated carbocycles. The highest BCUT2D eigenvalue weighted by molar-refractivity contribution is 7.26. The minimum atomic E-state index is 0.0767. The van der Waals surface area contributed by atoms with Crippen LogP contribution in [0.3, 0.4) is 0 Å². The van der Waals surface area contributed by atoms with Gasteiger partial charge in [-0.25, -0.2) is 0 Å². The van der Waals surface area contributed by atoms with Crippen molar-refractivity contribution in [3.05, 3.63) is 65.8 Å². The van der Waals surface area contributed by atoms with Crippen LogP contribution in [0.1, 0.15) is 31.9 Å². The van der Waals surface area contributed by atoms with Crippen LogP contribution >= 0.6 is 9.03 Å². The quantitative estimate of drug-likeness (QED) is 0.458. The molecule has 0 aliphatic heterocycles. The minimum absolute atomic E-state index is 0.0767. The van der Waals surface area contributed by atoms with Gasteiger partial charge in [0.25, 0.3) is 0 Å². The normalized spacial score (nSPS) is 21.1. The van der Waals surface area contributed by atoms with Crippen LogP contribution in [0, 0.1) is 11.8 Å². The van der Waals surface area contributed by atoms with E-state index in [-0.39, 0.29) is 15.1 Å². The van der Waals surface area contributed by atoms with E-state index in [1.165, 1.54) is 16.7 Å². The van der Waals surface area contributed by atoms with Crippen LogP contribution in [0.5, 0.6) is 0 Å². The van der Waals surface area contributed by atoms with Crippen molar-refractivity contribution in [3.63, 3.8) is 0 Å². The maximum absolute atomic E-state index is 5.95. The van der Waals surface area contributed by atoms with Crippen LogP contribution in [0.2, 0.25) is 0 Å². The van der Waals surface area contributed by atoms with E-state index >= 15 is 0 Å². The zero-order valence-corrected chi connectivity index (χ0v) is 15.3. The summed E-state index contributed by atoms with van der Waals surface area (Å²) in [6, 6.07) is 8.28. The van der Waals surface area contributed by atoms with Crippen molar-refractivity contribution in [3.8, 4) is 0 Å². The second-order valence-electron chi connectivity index (χ2n) is 6.26. The first kappa shape index (κ1) is 18.1. The molecular weight excluding hydrogens is 303 g/mol. The fourth-order valence-corrected chi connectivity index (χ4v) is 3.37. The molecule has 2 rings (SSSR count). The minimum Gasteiger partial charge on any atom is -0.336 e. The summed E-state index contributed by atoms with van der Waals surface area (Å²) >= 11 is 0. The lowest BCUT2D eigenvalue weighted by molar-refractivity contribution is 0.167. The molecule has 0 amide bonds. The van der Waals surface area contributed by atoms with Gasteiger partial charge in [0.2, 0.25) is 0 Å². The van der Waals surface area contributed by atoms with Crippen LogP contribution in [-0.2, 0) is 15.5 Å². The highest BCUT2D eigenvalue weighted by atomic mass is 31.1. The first-order valence-corrected chi connectivity index (χ1v) is 9.03. The Morgan fingerprint density at radius 3 is 2.83 bits per heavy atom. The van der Waals surface area contributed by atoms with Crippen LogP contribution in [0.15, 0.2) is 54.6 Å². The fourth-order valence-electron chi connectivity index (χ4n) is 2.77. The Balaban J connectivity index is 1.75. The van der Waals surface area contributed by atoms with Gasteiger partial charge in [-0.3, -0.25) is 0 Å². The summed E-state index contributed by atoms with van der Waals surface area (Å²) in [7, 11) is 0.0767. The maximum Gasteiger partial charge on any atom is 0.155 e. The van der Waals surface area contributed by atoms with E-state index in [0.717, 1.165) is 6.42 Å². The lowest BCUT2D eigenvalue weighted by Gasteiger charge is -2.28. The van der Waals surface area contributed by atoms with Gasteiger partial charge in [0.05, 0.1) is 12.7 Å². The Hall–Kier alpha value is -1.21. The van der Waals surface area contributed by atoms with E-state index in [4.69, 9.17) is 9.05 Å². The van der Waals surface area contributed by atoms with Crippen molar-refractivity contribution in [2.45, 2.75) is 33.3 Å². The molecule has 2 nitrogen and oxygen atoms in total. The van der Waals surface area contributed by atoms with Gasteiger partial charge in [-0.15, -0.1) is 0 Å². The first-order valence-electron chi connectivity index (χ1n) is 8.21. The van der Waals surface area contributed by atoms with Crippen molar-refractivity contribution in [2.75, 3.05) is 6.61 Å². The van der Waals surface area contributed by atoms with Crippen LogP contribution in [0.4, 0.5) is 0 Å². The standard InChI is InChI=1S/C20H27O2P/c1-5-17-8-6-7-9-18(17)12-13-21-23-22-20-11-10-16(4)14-19(20)15(2)3/h5-11,14-15,19-20,23H,1,12-13H2,2-4H3. The summed E-state index contributed by atoms with van der Waals surface area (Å²) < 4.78 is 11.7. The monoisotopic (exact) mass is 330 g/mol. The Morgan fingerprint density at radius 1 is 1.30 bits per heavy atom. The van der Waals surface area contributed by atoms with Gasteiger partial charge in [-0.2, -0.15) is 0 Å². The molecule has 124 valence electrons. The lowest BCUT2D eigenvalue weighted by atomic mass is 9.85. The Bertz CT molecular complexity index is 575. The van der Waals surface area contributed by atoms with Gasteiger partial charge < -0.3 is 9.05 Å². The second-order valence-corrected chi connectivity index (χ2v) is 6.95. The smallest absolute Gasteiger partial charge is 0.155 e. The molecule has 1 aliphatic rings. The van der Waals surface area contributed by atoms with Crippen molar-refractivity contribution in [1.82, 2.24) is 0 Å². The summed E-state index contributed by atoms with van der Waals surface area (Å²) in [6.07, 6.45) is 9.49. The zero-order chi connectivity index (χ0) is 16.7.